The Kier molecular flexibility index (Phi) is 5.83. The van der Waals surface area contributed by atoms with Gasteiger partial charge in [0, 0.05) is 0 Å². The molecule has 26 heavy (non-hydrogen) atoms. The molecule has 0 spiro atoms. The summed E-state index contributed by atoms with van der Waals surface area (Å²) in [6, 6.07) is 0. The summed E-state index contributed by atoms with van der Waals surface area (Å²) >= 11 is 0. The lowest BCUT2D eigenvalue weighted by atomic mass is 9.45. The zero-order valence-electron chi connectivity index (χ0n) is 16.8. The van der Waals surface area contributed by atoms with Gasteiger partial charge < -0.3 is 0 Å². The Morgan fingerprint density at radius 1 is 0.846 bits per heavy atom. The van der Waals surface area contributed by atoms with E-state index in [9.17, 15) is 0 Å². The highest BCUT2D eigenvalue weighted by Crippen LogP contribution is 2.67. The molecule has 0 aliphatic heterocycles. The van der Waals surface area contributed by atoms with Crippen molar-refractivity contribution in [3.05, 3.63) is 0 Å². The molecular formula is C21H38O4S. The fourth-order valence-electron chi connectivity index (χ4n) is 8.07. The molecule has 4 saturated carbocycles. The maximum atomic E-state index is 8.74. The van der Waals surface area contributed by atoms with Crippen molar-refractivity contribution in [2.75, 3.05) is 0 Å². The first-order valence-electron chi connectivity index (χ1n) is 10.8. The number of hydrogen-bond acceptors (Lipinski definition) is 2. The molecule has 0 aromatic rings. The number of fused-ring (bicyclic) bond motifs is 5. The zero-order chi connectivity index (χ0) is 19.2. The monoisotopic (exact) mass is 386 g/mol. The smallest absolute Gasteiger partial charge is 0.264 e. The van der Waals surface area contributed by atoms with Crippen LogP contribution >= 0.6 is 0 Å². The lowest BCUT2D eigenvalue weighted by Gasteiger charge is -2.60. The van der Waals surface area contributed by atoms with Crippen molar-refractivity contribution >= 4 is 10.4 Å². The van der Waals surface area contributed by atoms with Gasteiger partial charge in [0.15, 0.2) is 0 Å². The van der Waals surface area contributed by atoms with Crippen LogP contribution in [-0.4, -0.2) is 17.5 Å². The molecule has 0 saturated heterocycles. The fraction of sp³-hybridized carbons (Fsp3) is 1.00. The molecule has 0 bridgehead atoms. The van der Waals surface area contributed by atoms with Crippen molar-refractivity contribution in [1.29, 1.82) is 0 Å². The molecule has 152 valence electrons. The molecule has 0 radical (unpaired) electrons. The van der Waals surface area contributed by atoms with E-state index in [1.807, 2.05) is 0 Å². The van der Waals surface area contributed by atoms with Crippen LogP contribution in [0, 0.1) is 40.4 Å². The van der Waals surface area contributed by atoms with Gasteiger partial charge in [0.25, 0.3) is 0 Å². The van der Waals surface area contributed by atoms with E-state index in [4.69, 9.17) is 17.5 Å². The Bertz CT molecular complexity index is 595. The van der Waals surface area contributed by atoms with Crippen molar-refractivity contribution in [1.82, 2.24) is 0 Å². The Morgan fingerprint density at radius 2 is 1.50 bits per heavy atom. The highest BCUT2D eigenvalue weighted by atomic mass is 32.3. The summed E-state index contributed by atoms with van der Waals surface area (Å²) in [4.78, 5) is 0. The van der Waals surface area contributed by atoms with Crippen molar-refractivity contribution in [2.45, 2.75) is 91.4 Å². The highest BCUT2D eigenvalue weighted by molar-refractivity contribution is 7.79. The molecule has 1 unspecified atom stereocenters. The normalized spacial score (nSPS) is 47.8. The molecule has 7 atom stereocenters. The standard InChI is InChI=1S/C21H36.H2O4S/c1-4-15-9-11-18-17-10-8-16-7-5-6-13-20(16,2)19(17)12-14-21(15,18)3;1-5(2,3)4/h15-19H,4-14H2,1-3H3;(H2,1,2,3,4)/t15-,16?,17-,18-,19-,20-,21+;/m0./s1. The third kappa shape index (κ3) is 3.73. The molecule has 2 N–H and O–H groups in total. The summed E-state index contributed by atoms with van der Waals surface area (Å²) in [5, 5.41) is 0. The molecule has 0 aromatic carbocycles. The van der Waals surface area contributed by atoms with E-state index in [-0.39, 0.29) is 0 Å². The fourth-order valence-corrected chi connectivity index (χ4v) is 8.07. The predicted octanol–water partition coefficient (Wildman–Crippen LogP) is 5.79. The van der Waals surface area contributed by atoms with Gasteiger partial charge in [-0.15, -0.1) is 0 Å². The average Bonchev–Trinajstić information content (AvgIpc) is 2.89. The van der Waals surface area contributed by atoms with Crippen LogP contribution in [0.4, 0.5) is 0 Å². The van der Waals surface area contributed by atoms with Crippen LogP contribution in [0.15, 0.2) is 0 Å². The van der Waals surface area contributed by atoms with E-state index in [0.29, 0.717) is 5.41 Å². The van der Waals surface area contributed by atoms with E-state index in [1.165, 1.54) is 19.3 Å². The molecular weight excluding hydrogens is 348 g/mol. The van der Waals surface area contributed by atoms with Gasteiger partial charge in [-0.3, -0.25) is 9.11 Å². The Morgan fingerprint density at radius 3 is 2.15 bits per heavy atom. The second-order valence-corrected chi connectivity index (χ2v) is 11.0. The van der Waals surface area contributed by atoms with Gasteiger partial charge in [-0.1, -0.05) is 40.0 Å². The second kappa shape index (κ2) is 7.36. The first-order valence-corrected chi connectivity index (χ1v) is 12.2. The van der Waals surface area contributed by atoms with Crippen LogP contribution in [0.1, 0.15) is 91.4 Å². The van der Waals surface area contributed by atoms with E-state index in [1.54, 1.807) is 51.4 Å². The van der Waals surface area contributed by atoms with E-state index in [2.05, 4.69) is 20.8 Å². The van der Waals surface area contributed by atoms with Crippen LogP contribution in [0.3, 0.4) is 0 Å². The minimum atomic E-state index is -4.67. The maximum Gasteiger partial charge on any atom is 0.394 e. The van der Waals surface area contributed by atoms with Crippen LogP contribution in [0.5, 0.6) is 0 Å². The summed E-state index contributed by atoms with van der Waals surface area (Å²) in [5.41, 5.74) is 1.45. The van der Waals surface area contributed by atoms with Crippen molar-refractivity contribution in [3.63, 3.8) is 0 Å². The third-order valence-electron chi connectivity index (χ3n) is 9.27. The maximum absolute atomic E-state index is 8.74. The van der Waals surface area contributed by atoms with Crippen molar-refractivity contribution < 1.29 is 17.5 Å². The molecule has 5 heteroatoms. The predicted molar refractivity (Wildman–Crippen MR) is 104 cm³/mol. The highest BCUT2D eigenvalue weighted by Gasteiger charge is 2.59. The largest absolute Gasteiger partial charge is 0.394 e. The minimum Gasteiger partial charge on any atom is -0.264 e. The quantitative estimate of drug-likeness (QED) is 0.559. The Labute approximate surface area is 160 Å². The topological polar surface area (TPSA) is 74.6 Å². The van der Waals surface area contributed by atoms with Gasteiger partial charge in [0.1, 0.15) is 0 Å². The van der Waals surface area contributed by atoms with E-state index >= 15 is 0 Å². The second-order valence-electron chi connectivity index (χ2n) is 10.1. The molecule has 0 heterocycles. The van der Waals surface area contributed by atoms with Gasteiger partial charge in [0.05, 0.1) is 0 Å². The Hall–Kier alpha value is -0.130. The lowest BCUT2D eigenvalue weighted by Crippen LogP contribution is -2.52. The number of rotatable bonds is 1. The summed E-state index contributed by atoms with van der Waals surface area (Å²) < 4.78 is 31.6. The molecule has 4 fully saturated rings. The molecule has 4 rings (SSSR count). The molecule has 0 amide bonds. The lowest BCUT2D eigenvalue weighted by molar-refractivity contribution is -0.110. The minimum absolute atomic E-state index is 0.716. The van der Waals surface area contributed by atoms with Crippen LogP contribution in [-0.2, 0) is 10.4 Å². The Balaban J connectivity index is 0.000000349. The molecule has 4 nitrogen and oxygen atoms in total. The first kappa shape index (κ1) is 20.6. The zero-order valence-corrected chi connectivity index (χ0v) is 17.6. The van der Waals surface area contributed by atoms with Gasteiger partial charge in [0.2, 0.25) is 0 Å². The van der Waals surface area contributed by atoms with Crippen molar-refractivity contribution in [2.24, 2.45) is 40.4 Å². The van der Waals surface area contributed by atoms with E-state index < -0.39 is 10.4 Å². The number of hydrogen-bond donors (Lipinski definition) is 2. The average molecular weight is 387 g/mol. The van der Waals surface area contributed by atoms with Gasteiger partial charge in [-0.05, 0) is 91.8 Å². The van der Waals surface area contributed by atoms with Gasteiger partial charge >= 0.3 is 10.4 Å². The first-order chi connectivity index (χ1) is 12.1. The van der Waals surface area contributed by atoms with Crippen LogP contribution < -0.4 is 0 Å². The van der Waals surface area contributed by atoms with Gasteiger partial charge in [-0.25, -0.2) is 0 Å². The summed E-state index contributed by atoms with van der Waals surface area (Å²) in [5.74, 6) is 5.39. The van der Waals surface area contributed by atoms with Crippen LogP contribution in [0.25, 0.3) is 0 Å². The summed E-state index contributed by atoms with van der Waals surface area (Å²) in [6.07, 6.45) is 17.0. The summed E-state index contributed by atoms with van der Waals surface area (Å²) in [6.45, 7) is 7.84. The van der Waals surface area contributed by atoms with Crippen molar-refractivity contribution in [3.8, 4) is 0 Å². The summed E-state index contributed by atoms with van der Waals surface area (Å²) in [7, 11) is -4.67. The SMILES string of the molecule is CC[C@H]1CC[C@H]2[C@@H]3CCC4CCCC[C@]4(C)[C@H]3CC[C@]12C.O=S(=O)(O)O. The molecule has 0 aromatic heterocycles. The van der Waals surface area contributed by atoms with Crippen LogP contribution in [0.2, 0.25) is 0 Å². The van der Waals surface area contributed by atoms with Gasteiger partial charge in [-0.2, -0.15) is 8.42 Å². The third-order valence-corrected chi connectivity index (χ3v) is 9.27. The molecule has 4 aliphatic rings. The molecule has 4 aliphatic carbocycles. The van der Waals surface area contributed by atoms with E-state index in [0.717, 1.165) is 35.0 Å².